The molecule has 2 amide bonds. The van der Waals surface area contributed by atoms with Crippen molar-refractivity contribution in [2.75, 3.05) is 32.8 Å². The number of aliphatic hydroxyl groups excluding tert-OH is 1. The summed E-state index contributed by atoms with van der Waals surface area (Å²) in [5, 5.41) is 22.1. The van der Waals surface area contributed by atoms with Gasteiger partial charge in [0, 0.05) is 6.54 Å². The van der Waals surface area contributed by atoms with Crippen molar-refractivity contribution >= 4 is 11.8 Å². The number of amides is 2. The fourth-order valence-electron chi connectivity index (χ4n) is 2.47. The molecule has 0 saturated carbocycles. The zero-order valence-electron chi connectivity index (χ0n) is 14.3. The van der Waals surface area contributed by atoms with E-state index in [1.54, 1.807) is 0 Å². The van der Waals surface area contributed by atoms with Crippen LogP contribution in [0, 0.1) is 10.1 Å². The maximum atomic E-state index is 12.3. The van der Waals surface area contributed by atoms with Gasteiger partial charge in [0.05, 0.1) is 17.7 Å². The normalized spacial score (nSPS) is 14.3. The Kier molecular flexibility index (Phi) is 6.87. The minimum absolute atomic E-state index is 0.0397. The molecule has 1 heterocycles. The van der Waals surface area contributed by atoms with Gasteiger partial charge in [0.1, 0.15) is 25.1 Å². The molecule has 1 aliphatic rings. The van der Waals surface area contributed by atoms with Gasteiger partial charge in [-0.2, -0.15) is 0 Å². The highest BCUT2D eigenvalue weighted by Crippen LogP contribution is 2.26. The minimum Gasteiger partial charge on any atom is -0.491 e. The third-order valence-corrected chi connectivity index (χ3v) is 3.70. The van der Waals surface area contributed by atoms with E-state index in [-0.39, 0.29) is 24.3 Å². The van der Waals surface area contributed by atoms with Gasteiger partial charge in [0.15, 0.2) is 0 Å². The van der Waals surface area contributed by atoms with E-state index < -0.39 is 29.6 Å². The average Bonchev–Trinajstić information content (AvgIpc) is 2.84. The SMILES string of the molecule is CCCNCC(O)COc1ccc2c(c1)C(=O)N(CCO[N+](=O)[O-])C2=O. The van der Waals surface area contributed by atoms with Crippen LogP contribution in [0.15, 0.2) is 18.2 Å². The van der Waals surface area contributed by atoms with E-state index >= 15 is 0 Å². The van der Waals surface area contributed by atoms with E-state index in [4.69, 9.17) is 4.74 Å². The number of aliphatic hydroxyl groups is 1. The second kappa shape index (κ2) is 9.11. The Labute approximate surface area is 149 Å². The maximum Gasteiger partial charge on any atom is 0.294 e. The van der Waals surface area contributed by atoms with Gasteiger partial charge < -0.3 is 20.0 Å². The zero-order chi connectivity index (χ0) is 19.1. The molecule has 142 valence electrons. The number of benzene rings is 1. The first-order valence-corrected chi connectivity index (χ1v) is 8.23. The van der Waals surface area contributed by atoms with E-state index in [0.717, 1.165) is 17.9 Å². The van der Waals surface area contributed by atoms with Crippen LogP contribution in [0.1, 0.15) is 34.1 Å². The largest absolute Gasteiger partial charge is 0.491 e. The van der Waals surface area contributed by atoms with Crippen LogP contribution in [0.2, 0.25) is 0 Å². The summed E-state index contributed by atoms with van der Waals surface area (Å²) >= 11 is 0. The highest BCUT2D eigenvalue weighted by atomic mass is 16.9. The molecule has 1 unspecified atom stereocenters. The second-order valence-electron chi connectivity index (χ2n) is 5.70. The lowest BCUT2D eigenvalue weighted by Gasteiger charge is -2.13. The first kappa shape index (κ1) is 19.6. The van der Waals surface area contributed by atoms with Crippen molar-refractivity contribution < 1.29 is 29.4 Å². The van der Waals surface area contributed by atoms with Gasteiger partial charge in [0.25, 0.3) is 16.9 Å². The fourth-order valence-corrected chi connectivity index (χ4v) is 2.47. The Morgan fingerprint density at radius 1 is 1.31 bits per heavy atom. The lowest BCUT2D eigenvalue weighted by Crippen LogP contribution is -2.33. The molecule has 10 heteroatoms. The number of hydrogen-bond acceptors (Lipinski definition) is 8. The molecule has 26 heavy (non-hydrogen) atoms. The van der Waals surface area contributed by atoms with E-state index in [0.29, 0.717) is 12.3 Å². The standard InChI is InChI=1S/C16H21N3O7/c1-2-5-17-9-11(20)10-25-12-3-4-13-14(8-12)16(22)18(15(13)21)6-7-26-19(23)24/h3-4,8,11,17,20H,2,5-7,9-10H2,1H3. The van der Waals surface area contributed by atoms with Gasteiger partial charge in [-0.15, -0.1) is 10.1 Å². The van der Waals surface area contributed by atoms with E-state index in [2.05, 4.69) is 10.2 Å². The van der Waals surface area contributed by atoms with E-state index in [1.807, 2.05) is 6.92 Å². The first-order valence-electron chi connectivity index (χ1n) is 8.23. The van der Waals surface area contributed by atoms with Crippen molar-refractivity contribution in [2.24, 2.45) is 0 Å². The number of nitrogens with zero attached hydrogens (tertiary/aromatic N) is 2. The van der Waals surface area contributed by atoms with Crippen LogP contribution in [0.4, 0.5) is 0 Å². The van der Waals surface area contributed by atoms with Crippen LogP contribution in [-0.4, -0.2) is 65.9 Å². The molecule has 0 saturated heterocycles. The Morgan fingerprint density at radius 3 is 2.73 bits per heavy atom. The number of nitrogens with one attached hydrogen (secondary N) is 1. The third-order valence-electron chi connectivity index (χ3n) is 3.70. The maximum absolute atomic E-state index is 12.3. The van der Waals surface area contributed by atoms with Crippen molar-refractivity contribution in [3.63, 3.8) is 0 Å². The number of carbonyl (C=O) groups is 2. The van der Waals surface area contributed by atoms with Crippen LogP contribution in [-0.2, 0) is 4.84 Å². The van der Waals surface area contributed by atoms with Crippen molar-refractivity contribution in [3.05, 3.63) is 39.4 Å². The summed E-state index contributed by atoms with van der Waals surface area (Å²) in [4.78, 5) is 39.7. The summed E-state index contributed by atoms with van der Waals surface area (Å²) in [6.45, 7) is 2.64. The zero-order valence-corrected chi connectivity index (χ0v) is 14.3. The summed E-state index contributed by atoms with van der Waals surface area (Å²) in [5.41, 5.74) is 0.362. The molecule has 1 aromatic carbocycles. The summed E-state index contributed by atoms with van der Waals surface area (Å²) in [6, 6.07) is 4.42. The summed E-state index contributed by atoms with van der Waals surface area (Å²) in [7, 11) is 0. The van der Waals surface area contributed by atoms with Crippen molar-refractivity contribution in [3.8, 4) is 5.75 Å². The molecule has 1 atom stereocenters. The predicted octanol–water partition coefficient (Wildman–Crippen LogP) is 0.230. The molecule has 0 fully saturated rings. The molecule has 2 N–H and O–H groups in total. The van der Waals surface area contributed by atoms with Crippen LogP contribution >= 0.6 is 0 Å². The number of rotatable bonds is 11. The van der Waals surface area contributed by atoms with Gasteiger partial charge in [-0.1, -0.05) is 6.92 Å². The Bertz CT molecular complexity index is 680. The molecular formula is C16H21N3O7. The third kappa shape index (κ3) is 4.90. The molecule has 1 aromatic rings. The molecule has 2 rings (SSSR count). The van der Waals surface area contributed by atoms with Crippen molar-refractivity contribution in [1.29, 1.82) is 0 Å². The molecule has 0 bridgehead atoms. The minimum atomic E-state index is -0.981. The molecule has 0 spiro atoms. The fraction of sp³-hybridized carbons (Fsp3) is 0.500. The Balaban J connectivity index is 1.94. The lowest BCUT2D eigenvalue weighted by molar-refractivity contribution is -0.757. The van der Waals surface area contributed by atoms with Crippen LogP contribution < -0.4 is 10.1 Å². The van der Waals surface area contributed by atoms with E-state index in [9.17, 15) is 24.8 Å². The molecule has 1 aliphatic heterocycles. The Hall–Kier alpha value is -2.72. The van der Waals surface area contributed by atoms with Gasteiger partial charge in [-0.3, -0.25) is 14.5 Å². The average molecular weight is 367 g/mol. The lowest BCUT2D eigenvalue weighted by atomic mass is 10.1. The van der Waals surface area contributed by atoms with Crippen molar-refractivity contribution in [1.82, 2.24) is 10.2 Å². The van der Waals surface area contributed by atoms with Crippen LogP contribution in [0.3, 0.4) is 0 Å². The smallest absolute Gasteiger partial charge is 0.294 e. The molecule has 10 nitrogen and oxygen atoms in total. The first-order chi connectivity index (χ1) is 12.4. The summed E-state index contributed by atoms with van der Waals surface area (Å²) in [5.74, 6) is -0.748. The summed E-state index contributed by atoms with van der Waals surface area (Å²) < 4.78 is 5.47. The van der Waals surface area contributed by atoms with Gasteiger partial charge in [-0.25, -0.2) is 0 Å². The van der Waals surface area contributed by atoms with Gasteiger partial charge in [0.2, 0.25) is 0 Å². The number of ether oxygens (including phenoxy) is 1. The molecule has 0 aromatic heterocycles. The number of fused-ring (bicyclic) bond motifs is 1. The molecular weight excluding hydrogens is 346 g/mol. The summed E-state index contributed by atoms with van der Waals surface area (Å²) in [6.07, 6.45) is 0.250. The quantitative estimate of drug-likeness (QED) is 0.246. The predicted molar refractivity (Wildman–Crippen MR) is 89.4 cm³/mol. The molecule has 0 aliphatic carbocycles. The highest BCUT2D eigenvalue weighted by Gasteiger charge is 2.35. The monoisotopic (exact) mass is 367 g/mol. The van der Waals surface area contributed by atoms with Crippen LogP contribution in [0.25, 0.3) is 0 Å². The highest BCUT2D eigenvalue weighted by molar-refractivity contribution is 6.21. The topological polar surface area (TPSA) is 131 Å². The molecule has 0 radical (unpaired) electrons. The van der Waals surface area contributed by atoms with Crippen LogP contribution in [0.5, 0.6) is 5.75 Å². The van der Waals surface area contributed by atoms with Gasteiger partial charge >= 0.3 is 0 Å². The van der Waals surface area contributed by atoms with Crippen molar-refractivity contribution in [2.45, 2.75) is 19.4 Å². The number of imide groups is 1. The number of carbonyl (C=O) groups excluding carboxylic acids is 2. The van der Waals surface area contributed by atoms with E-state index in [1.165, 1.54) is 18.2 Å². The van der Waals surface area contributed by atoms with Gasteiger partial charge in [-0.05, 0) is 31.2 Å². The second-order valence-corrected chi connectivity index (χ2v) is 5.70. The number of hydrogen-bond donors (Lipinski definition) is 2. The Morgan fingerprint density at radius 2 is 2.04 bits per heavy atom.